The van der Waals surface area contributed by atoms with Crippen molar-refractivity contribution in [3.63, 3.8) is 0 Å². The van der Waals surface area contributed by atoms with Crippen molar-refractivity contribution >= 4 is 38.1 Å². The van der Waals surface area contributed by atoms with Crippen molar-refractivity contribution in [1.82, 2.24) is 0 Å². The zero-order chi connectivity index (χ0) is 33.7. The molecular weight excluding hydrogens is 614 g/mol. The first kappa shape index (κ1) is 35.2. The molecular formula is C38H44FO5PSi. The van der Waals surface area contributed by atoms with Crippen LogP contribution < -0.4 is 10.4 Å². The van der Waals surface area contributed by atoms with E-state index in [9.17, 15) is 18.9 Å². The third kappa shape index (κ3) is 7.84. The Morgan fingerprint density at radius 1 is 0.913 bits per heavy atom. The molecule has 242 valence electrons. The summed E-state index contributed by atoms with van der Waals surface area (Å²) in [6, 6.07) is 29.0. The second kappa shape index (κ2) is 14.4. The molecule has 1 unspecified atom stereocenters. The monoisotopic (exact) mass is 658 g/mol. The summed E-state index contributed by atoms with van der Waals surface area (Å²) < 4.78 is 41.4. The molecule has 0 saturated carbocycles. The molecule has 0 saturated heterocycles. The van der Waals surface area contributed by atoms with Gasteiger partial charge in [-0.1, -0.05) is 105 Å². The van der Waals surface area contributed by atoms with Crippen LogP contribution in [-0.4, -0.2) is 38.8 Å². The number of hydrogen-bond donors (Lipinski definition) is 1. The van der Waals surface area contributed by atoms with Gasteiger partial charge in [-0.3, -0.25) is 9.36 Å². The third-order valence-electron chi connectivity index (χ3n) is 8.40. The van der Waals surface area contributed by atoms with Gasteiger partial charge in [0, 0.05) is 12.9 Å². The summed E-state index contributed by atoms with van der Waals surface area (Å²) in [4.78, 5) is 12.3. The molecule has 0 heterocycles. The number of carboxylic acids is 1. The van der Waals surface area contributed by atoms with E-state index in [0.717, 1.165) is 38.2 Å². The first-order valence-corrected chi connectivity index (χ1v) is 19.2. The number of aliphatic carboxylic acids is 1. The Labute approximate surface area is 273 Å². The van der Waals surface area contributed by atoms with Crippen LogP contribution >= 0.6 is 7.37 Å². The van der Waals surface area contributed by atoms with Crippen molar-refractivity contribution in [2.75, 3.05) is 13.3 Å². The summed E-state index contributed by atoms with van der Waals surface area (Å²) in [6.07, 6.45) is 0.424. The first-order chi connectivity index (χ1) is 21.7. The largest absolute Gasteiger partial charge is 0.481 e. The molecule has 4 aromatic carbocycles. The molecule has 0 aliphatic carbocycles. The van der Waals surface area contributed by atoms with Crippen LogP contribution in [0.15, 0.2) is 96.8 Å². The van der Waals surface area contributed by atoms with Crippen molar-refractivity contribution < 1.29 is 27.8 Å². The van der Waals surface area contributed by atoms with E-state index in [1.165, 1.54) is 13.2 Å². The molecule has 5 nitrogen and oxygen atoms in total. The number of aryl methyl sites for hydroxylation is 3. The highest BCUT2D eigenvalue weighted by Gasteiger charge is 2.52. The lowest BCUT2D eigenvalue weighted by Crippen LogP contribution is -2.68. The van der Waals surface area contributed by atoms with Gasteiger partial charge < -0.3 is 14.1 Å². The average molecular weight is 659 g/mol. The summed E-state index contributed by atoms with van der Waals surface area (Å²) in [5.41, 5.74) is 5.09. The Kier molecular flexibility index (Phi) is 11.1. The lowest BCUT2D eigenvalue weighted by molar-refractivity contribution is -0.138. The van der Waals surface area contributed by atoms with E-state index in [1.54, 1.807) is 30.9 Å². The minimum Gasteiger partial charge on any atom is -0.481 e. The molecule has 0 aromatic heterocycles. The number of benzene rings is 4. The molecule has 4 aromatic rings. The molecule has 46 heavy (non-hydrogen) atoms. The molecule has 0 fully saturated rings. The van der Waals surface area contributed by atoms with Crippen LogP contribution in [0.3, 0.4) is 0 Å². The van der Waals surface area contributed by atoms with Gasteiger partial charge in [-0.25, -0.2) is 4.39 Å². The molecule has 0 amide bonds. The summed E-state index contributed by atoms with van der Waals surface area (Å²) in [5.74, 6) is 0.242. The fourth-order valence-corrected chi connectivity index (χ4v) is 12.6. The van der Waals surface area contributed by atoms with Crippen molar-refractivity contribution in [2.45, 2.75) is 59.1 Å². The molecule has 8 heteroatoms. The molecule has 4 rings (SSSR count). The zero-order valence-corrected chi connectivity index (χ0v) is 29.6. The summed E-state index contributed by atoms with van der Waals surface area (Å²) in [7, 11) is -5.33. The second-order valence-corrected chi connectivity index (χ2v) is 19.6. The van der Waals surface area contributed by atoms with E-state index in [1.807, 2.05) is 86.6 Å². The smallest absolute Gasteiger partial charge is 0.305 e. The number of hydrogen-bond acceptors (Lipinski definition) is 4. The Hall–Kier alpha value is -3.61. The predicted molar refractivity (Wildman–Crippen MR) is 189 cm³/mol. The van der Waals surface area contributed by atoms with Gasteiger partial charge in [-0.15, -0.1) is 0 Å². The highest BCUT2D eigenvalue weighted by atomic mass is 31.2. The lowest BCUT2D eigenvalue weighted by atomic mass is 9.93. The third-order valence-corrected chi connectivity index (χ3v) is 15.6. The van der Waals surface area contributed by atoms with Crippen LogP contribution in [0.2, 0.25) is 5.04 Å². The number of rotatable bonds is 12. The maximum Gasteiger partial charge on any atom is 0.305 e. The average Bonchev–Trinajstić information content (AvgIpc) is 3.00. The highest BCUT2D eigenvalue weighted by Crippen LogP contribution is 2.51. The molecule has 1 N–H and O–H groups in total. The molecule has 0 bridgehead atoms. The van der Waals surface area contributed by atoms with Crippen molar-refractivity contribution in [3.8, 4) is 11.1 Å². The Bertz CT molecular complexity index is 1710. The highest BCUT2D eigenvalue weighted by molar-refractivity contribution is 7.62. The second-order valence-electron chi connectivity index (χ2n) is 12.9. The standard InChI is InChI=1S/C38H44FO5PSi/c1-27-22-28(2)34(35(23-27)30-18-19-36(39)29(3)24-30)20-21-45(42,43-7)26-31(25-37(40)41)44-46(38(4,5)6,32-14-10-8-11-15-32)33-16-12-9-13-17-33/h8-24,31H,25-26H2,1-7H3,(H,40,41)/b21-20-/t31-,45?/m0/s1. The number of carboxylic acid groups (broad SMARTS) is 1. The van der Waals surface area contributed by atoms with Crippen LogP contribution in [0.1, 0.15) is 49.4 Å². The quantitative estimate of drug-likeness (QED) is 0.122. The maximum atomic E-state index is 14.5. The summed E-state index contributed by atoms with van der Waals surface area (Å²) in [6.45, 7) is 12.1. The van der Waals surface area contributed by atoms with E-state index in [2.05, 4.69) is 20.8 Å². The predicted octanol–water partition coefficient (Wildman–Crippen LogP) is 8.73. The summed E-state index contributed by atoms with van der Waals surface area (Å²) >= 11 is 0. The normalized spacial score (nSPS) is 14.3. The van der Waals surface area contributed by atoms with Crippen molar-refractivity contribution in [2.24, 2.45) is 0 Å². The van der Waals surface area contributed by atoms with Crippen LogP contribution in [0.5, 0.6) is 0 Å². The zero-order valence-electron chi connectivity index (χ0n) is 27.7. The fourth-order valence-electron chi connectivity index (χ4n) is 6.20. The van der Waals surface area contributed by atoms with Gasteiger partial charge in [0.05, 0.1) is 18.7 Å². The molecule has 0 aliphatic rings. The van der Waals surface area contributed by atoms with Gasteiger partial charge in [-0.2, -0.15) is 0 Å². The van der Waals surface area contributed by atoms with Gasteiger partial charge in [0.15, 0.2) is 0 Å². The molecule has 0 radical (unpaired) electrons. The molecule has 0 spiro atoms. The van der Waals surface area contributed by atoms with Crippen LogP contribution in [0, 0.1) is 26.6 Å². The SMILES string of the molecule is COP(=O)(/C=C\c1c(C)cc(C)cc1-c1ccc(F)c(C)c1)C[C@H](CC(=O)O)O[Si](c1ccccc1)(c1ccccc1)C(C)(C)C. The van der Waals surface area contributed by atoms with E-state index in [-0.39, 0.29) is 18.4 Å². The van der Waals surface area contributed by atoms with E-state index < -0.39 is 32.8 Å². The van der Waals surface area contributed by atoms with Gasteiger partial charge in [-0.05, 0) is 82.2 Å². The van der Waals surface area contributed by atoms with Crippen LogP contribution in [0.4, 0.5) is 4.39 Å². The van der Waals surface area contributed by atoms with Crippen LogP contribution in [-0.2, 0) is 18.3 Å². The van der Waals surface area contributed by atoms with Crippen molar-refractivity contribution in [3.05, 3.63) is 125 Å². The van der Waals surface area contributed by atoms with Crippen molar-refractivity contribution in [1.29, 1.82) is 0 Å². The Balaban J connectivity index is 1.80. The van der Waals surface area contributed by atoms with Gasteiger partial charge in [0.25, 0.3) is 8.32 Å². The minimum atomic E-state index is -3.57. The van der Waals surface area contributed by atoms with E-state index >= 15 is 0 Å². The minimum absolute atomic E-state index is 0.118. The first-order valence-electron chi connectivity index (χ1n) is 15.4. The number of halogens is 1. The van der Waals surface area contributed by atoms with Crippen LogP contribution in [0.25, 0.3) is 17.2 Å². The van der Waals surface area contributed by atoms with Gasteiger partial charge in [0.1, 0.15) is 5.82 Å². The van der Waals surface area contributed by atoms with E-state index in [0.29, 0.717) is 5.56 Å². The van der Waals surface area contributed by atoms with E-state index in [4.69, 9.17) is 8.95 Å². The Morgan fingerprint density at radius 2 is 1.50 bits per heavy atom. The fraction of sp³-hybridized carbons (Fsp3) is 0.289. The van der Waals surface area contributed by atoms with Gasteiger partial charge >= 0.3 is 5.97 Å². The molecule has 2 atom stereocenters. The van der Waals surface area contributed by atoms with Gasteiger partial charge in [0.2, 0.25) is 7.37 Å². The molecule has 0 aliphatic heterocycles. The lowest BCUT2D eigenvalue weighted by Gasteiger charge is -2.45. The topological polar surface area (TPSA) is 72.8 Å². The number of carbonyl (C=O) groups is 1. The maximum absolute atomic E-state index is 14.5. The summed E-state index contributed by atoms with van der Waals surface area (Å²) in [5, 5.41) is 11.6. The Morgan fingerprint density at radius 3 is 2.00 bits per heavy atom.